The molecule has 0 bridgehead atoms. The summed E-state index contributed by atoms with van der Waals surface area (Å²) in [4.78, 5) is 8.52. The second-order valence-corrected chi connectivity index (χ2v) is 4.78. The van der Waals surface area contributed by atoms with Crippen molar-refractivity contribution in [3.8, 4) is 0 Å². The highest BCUT2D eigenvalue weighted by molar-refractivity contribution is 5.18. The molecule has 0 radical (unpaired) electrons. The zero-order valence-corrected chi connectivity index (χ0v) is 9.20. The Bertz CT molecular complexity index is 351. The van der Waals surface area contributed by atoms with Gasteiger partial charge in [-0.2, -0.15) is 0 Å². The predicted molar refractivity (Wildman–Crippen MR) is 57.1 cm³/mol. The van der Waals surface area contributed by atoms with Crippen LogP contribution in [-0.2, 0) is 12.0 Å². The third-order valence-corrected chi connectivity index (χ3v) is 2.95. The van der Waals surface area contributed by atoms with E-state index in [4.69, 9.17) is 5.73 Å². The second kappa shape index (κ2) is 3.25. The van der Waals surface area contributed by atoms with Gasteiger partial charge in [-0.1, -0.05) is 6.92 Å². The van der Waals surface area contributed by atoms with Gasteiger partial charge in [0.2, 0.25) is 0 Å². The smallest absolute Gasteiger partial charge is 0.148 e. The van der Waals surface area contributed by atoms with Gasteiger partial charge in [0.1, 0.15) is 5.82 Å². The van der Waals surface area contributed by atoms with Crippen molar-refractivity contribution < 1.29 is 5.11 Å². The molecule has 4 nitrogen and oxygen atoms in total. The number of aliphatic hydroxyl groups is 1. The van der Waals surface area contributed by atoms with Crippen LogP contribution >= 0.6 is 0 Å². The molecule has 1 fully saturated rings. The monoisotopic (exact) mass is 207 g/mol. The van der Waals surface area contributed by atoms with Crippen LogP contribution < -0.4 is 5.73 Å². The van der Waals surface area contributed by atoms with Crippen molar-refractivity contribution in [1.29, 1.82) is 0 Å². The van der Waals surface area contributed by atoms with Crippen LogP contribution in [0.5, 0.6) is 0 Å². The third kappa shape index (κ3) is 1.87. The van der Waals surface area contributed by atoms with Gasteiger partial charge in [0.25, 0.3) is 0 Å². The summed E-state index contributed by atoms with van der Waals surface area (Å²) in [7, 11) is 0. The van der Waals surface area contributed by atoms with Crippen molar-refractivity contribution in [2.75, 3.05) is 0 Å². The average molecular weight is 207 g/mol. The predicted octanol–water partition coefficient (Wildman–Crippen LogP) is 0.738. The molecular weight excluding hydrogens is 190 g/mol. The summed E-state index contributed by atoms with van der Waals surface area (Å²) in [5.41, 5.74) is 6.03. The Morgan fingerprint density at radius 1 is 1.40 bits per heavy atom. The highest BCUT2D eigenvalue weighted by Gasteiger charge is 2.51. The van der Waals surface area contributed by atoms with Gasteiger partial charge in [0.15, 0.2) is 0 Å². The Kier molecular flexibility index (Phi) is 2.28. The van der Waals surface area contributed by atoms with Gasteiger partial charge in [-0.15, -0.1) is 0 Å². The number of nitrogens with zero attached hydrogens (tertiary/aromatic N) is 2. The Balaban J connectivity index is 2.17. The molecule has 1 aliphatic carbocycles. The van der Waals surface area contributed by atoms with Crippen molar-refractivity contribution in [3.63, 3.8) is 0 Å². The van der Waals surface area contributed by atoms with Crippen molar-refractivity contribution in [2.45, 2.75) is 44.2 Å². The summed E-state index contributed by atoms with van der Waals surface area (Å²) >= 11 is 0. The lowest BCUT2D eigenvalue weighted by Crippen LogP contribution is -2.59. The maximum absolute atomic E-state index is 9.68. The van der Waals surface area contributed by atoms with Crippen molar-refractivity contribution in [1.82, 2.24) is 9.97 Å². The number of hydrogen-bond donors (Lipinski definition) is 2. The van der Waals surface area contributed by atoms with E-state index < -0.39 is 11.1 Å². The fourth-order valence-electron chi connectivity index (χ4n) is 2.26. The van der Waals surface area contributed by atoms with Gasteiger partial charge >= 0.3 is 0 Å². The molecule has 1 aromatic heterocycles. The summed E-state index contributed by atoms with van der Waals surface area (Å²) < 4.78 is 0. The van der Waals surface area contributed by atoms with Crippen LogP contribution in [0.2, 0.25) is 0 Å². The number of aromatic nitrogens is 2. The standard InChI is InChI=1S/C11H17N3O/c1-3-8-4-13-9(14-5-8)11(12)6-10(2,15)7-11/h4-5,15H,3,6-7,12H2,1-2H3. The maximum atomic E-state index is 9.68. The average Bonchev–Trinajstić information content (AvgIpc) is 2.15. The van der Waals surface area contributed by atoms with Gasteiger partial charge in [-0.3, -0.25) is 0 Å². The largest absolute Gasteiger partial charge is 0.390 e. The lowest BCUT2D eigenvalue weighted by molar-refractivity contribution is -0.0769. The Labute approximate surface area is 89.6 Å². The lowest BCUT2D eigenvalue weighted by Gasteiger charge is -2.48. The molecule has 4 heteroatoms. The topological polar surface area (TPSA) is 72.0 Å². The van der Waals surface area contributed by atoms with Crippen molar-refractivity contribution in [2.24, 2.45) is 5.73 Å². The number of hydrogen-bond acceptors (Lipinski definition) is 4. The molecule has 0 aromatic carbocycles. The molecule has 15 heavy (non-hydrogen) atoms. The molecule has 1 aromatic rings. The number of rotatable bonds is 2. The van der Waals surface area contributed by atoms with E-state index in [9.17, 15) is 5.11 Å². The fourth-order valence-corrected chi connectivity index (χ4v) is 2.26. The molecule has 1 saturated carbocycles. The quantitative estimate of drug-likeness (QED) is 0.750. The van der Waals surface area contributed by atoms with Crippen LogP contribution in [0.3, 0.4) is 0 Å². The third-order valence-electron chi connectivity index (χ3n) is 2.95. The first-order chi connectivity index (χ1) is 6.95. The second-order valence-electron chi connectivity index (χ2n) is 4.78. The van der Waals surface area contributed by atoms with E-state index in [1.165, 1.54) is 0 Å². The van der Waals surface area contributed by atoms with Gasteiger partial charge in [0.05, 0.1) is 11.1 Å². The van der Waals surface area contributed by atoms with Crippen LogP contribution in [0, 0.1) is 0 Å². The van der Waals surface area contributed by atoms with E-state index >= 15 is 0 Å². The zero-order chi connectivity index (χ0) is 11.1. The molecule has 0 unspecified atom stereocenters. The summed E-state index contributed by atoms with van der Waals surface area (Å²) in [6, 6.07) is 0. The van der Waals surface area contributed by atoms with Crippen molar-refractivity contribution in [3.05, 3.63) is 23.8 Å². The van der Waals surface area contributed by atoms with E-state index in [0.29, 0.717) is 18.7 Å². The molecule has 0 atom stereocenters. The summed E-state index contributed by atoms with van der Waals surface area (Å²) in [5.74, 6) is 0.645. The summed E-state index contributed by atoms with van der Waals surface area (Å²) in [5, 5.41) is 9.68. The van der Waals surface area contributed by atoms with E-state index in [1.54, 1.807) is 6.92 Å². The van der Waals surface area contributed by atoms with Gasteiger partial charge in [-0.05, 0) is 18.9 Å². The van der Waals surface area contributed by atoms with Crippen molar-refractivity contribution >= 4 is 0 Å². The summed E-state index contributed by atoms with van der Waals surface area (Å²) in [6.07, 6.45) is 5.61. The van der Waals surface area contributed by atoms with Crippen LogP contribution in [0.1, 0.15) is 38.1 Å². The van der Waals surface area contributed by atoms with Crippen LogP contribution in [0.25, 0.3) is 0 Å². The molecule has 0 spiro atoms. The first-order valence-corrected chi connectivity index (χ1v) is 5.28. The zero-order valence-electron chi connectivity index (χ0n) is 9.20. The highest BCUT2D eigenvalue weighted by atomic mass is 16.3. The number of aryl methyl sites for hydroxylation is 1. The lowest BCUT2D eigenvalue weighted by atomic mass is 9.66. The highest BCUT2D eigenvalue weighted by Crippen LogP contribution is 2.44. The Hall–Kier alpha value is -1.00. The fraction of sp³-hybridized carbons (Fsp3) is 0.636. The minimum Gasteiger partial charge on any atom is -0.390 e. The van der Waals surface area contributed by atoms with E-state index in [0.717, 1.165) is 12.0 Å². The van der Waals surface area contributed by atoms with E-state index in [1.807, 2.05) is 12.4 Å². The van der Waals surface area contributed by atoms with E-state index in [-0.39, 0.29) is 0 Å². The molecule has 0 aliphatic heterocycles. The van der Waals surface area contributed by atoms with Crippen LogP contribution in [0.4, 0.5) is 0 Å². The number of nitrogens with two attached hydrogens (primary N) is 1. The minimum absolute atomic E-state index is 0.532. The van der Waals surface area contributed by atoms with Gasteiger partial charge < -0.3 is 10.8 Å². The molecule has 0 amide bonds. The van der Waals surface area contributed by atoms with Crippen LogP contribution in [-0.4, -0.2) is 20.7 Å². The first-order valence-electron chi connectivity index (χ1n) is 5.28. The van der Waals surface area contributed by atoms with Gasteiger partial charge in [-0.25, -0.2) is 9.97 Å². The molecule has 3 N–H and O–H groups in total. The van der Waals surface area contributed by atoms with Crippen LogP contribution in [0.15, 0.2) is 12.4 Å². The molecule has 0 saturated heterocycles. The Morgan fingerprint density at radius 3 is 2.33 bits per heavy atom. The maximum Gasteiger partial charge on any atom is 0.148 e. The molecule has 1 aliphatic rings. The molecular formula is C11H17N3O. The minimum atomic E-state index is -0.651. The molecule has 82 valence electrons. The SMILES string of the molecule is CCc1cnc(C2(N)CC(C)(O)C2)nc1. The van der Waals surface area contributed by atoms with Gasteiger partial charge in [0, 0.05) is 25.2 Å². The van der Waals surface area contributed by atoms with E-state index in [2.05, 4.69) is 16.9 Å². The first kappa shape index (κ1) is 10.5. The summed E-state index contributed by atoms with van der Waals surface area (Å²) in [6.45, 7) is 3.85. The Morgan fingerprint density at radius 2 is 1.93 bits per heavy atom. The normalized spacial score (nSPS) is 34.9. The molecule has 2 rings (SSSR count). The molecule has 1 heterocycles.